The van der Waals surface area contributed by atoms with Gasteiger partial charge >= 0.3 is 0 Å². The second-order valence-corrected chi connectivity index (χ2v) is 7.83. The predicted octanol–water partition coefficient (Wildman–Crippen LogP) is 6.08. The van der Waals surface area contributed by atoms with E-state index >= 15 is 0 Å². The third-order valence-electron chi connectivity index (χ3n) is 5.68. The van der Waals surface area contributed by atoms with Gasteiger partial charge < -0.3 is 4.90 Å². The minimum Gasteiger partial charge on any atom is -0.354 e. The van der Waals surface area contributed by atoms with Crippen LogP contribution in [-0.2, 0) is 0 Å². The molecule has 0 radical (unpaired) electrons. The van der Waals surface area contributed by atoms with Crippen molar-refractivity contribution in [2.45, 2.75) is 26.2 Å². The van der Waals surface area contributed by atoms with Gasteiger partial charge in [0, 0.05) is 29.4 Å². The third kappa shape index (κ3) is 3.11. The molecule has 1 saturated carbocycles. The summed E-state index contributed by atoms with van der Waals surface area (Å²) >= 11 is 0. The Morgan fingerprint density at radius 1 is 0.821 bits per heavy atom. The number of hydrogen-bond acceptors (Lipinski definition) is 3. The Morgan fingerprint density at radius 2 is 1.54 bits per heavy atom. The van der Waals surface area contributed by atoms with Crippen molar-refractivity contribution in [3.63, 3.8) is 0 Å². The van der Waals surface area contributed by atoms with Gasteiger partial charge in [0.05, 0.1) is 0 Å². The van der Waals surface area contributed by atoms with E-state index in [-0.39, 0.29) is 0 Å². The van der Waals surface area contributed by atoms with Crippen LogP contribution in [-0.4, -0.2) is 23.3 Å². The van der Waals surface area contributed by atoms with Crippen molar-refractivity contribution in [3.05, 3.63) is 66.7 Å². The van der Waals surface area contributed by atoms with E-state index in [0.717, 1.165) is 42.5 Å². The zero-order chi connectivity index (χ0) is 18.9. The first-order chi connectivity index (χ1) is 13.8. The van der Waals surface area contributed by atoms with Crippen molar-refractivity contribution >= 4 is 27.4 Å². The van der Waals surface area contributed by atoms with Gasteiger partial charge in [0.25, 0.3) is 0 Å². The average molecular weight is 367 g/mol. The standard InChI is InChI=1S/C25H25N3/c1-2-16-28(17-18-14-15-18)25-23-12-6-5-11-22(23)24(26-27-25)21-13-7-9-19-8-3-4-10-20(19)21/h3-13,18H,2,14-17H2,1H3. The molecule has 1 aliphatic rings. The van der Waals surface area contributed by atoms with Crippen molar-refractivity contribution in [1.82, 2.24) is 10.2 Å². The van der Waals surface area contributed by atoms with E-state index in [4.69, 9.17) is 10.2 Å². The highest BCUT2D eigenvalue weighted by Crippen LogP contribution is 2.37. The molecule has 0 saturated heterocycles. The molecule has 140 valence electrons. The first kappa shape index (κ1) is 17.2. The number of anilines is 1. The summed E-state index contributed by atoms with van der Waals surface area (Å²) in [6.07, 6.45) is 3.81. The molecule has 1 heterocycles. The highest BCUT2D eigenvalue weighted by atomic mass is 15.3. The molecule has 0 N–H and O–H groups in total. The van der Waals surface area contributed by atoms with Gasteiger partial charge in [0.2, 0.25) is 0 Å². The summed E-state index contributed by atoms with van der Waals surface area (Å²) < 4.78 is 0. The van der Waals surface area contributed by atoms with E-state index in [0.29, 0.717) is 0 Å². The zero-order valence-corrected chi connectivity index (χ0v) is 16.3. The largest absolute Gasteiger partial charge is 0.354 e. The Labute approximate surface area is 166 Å². The molecule has 0 amide bonds. The summed E-state index contributed by atoms with van der Waals surface area (Å²) in [4.78, 5) is 2.44. The third-order valence-corrected chi connectivity index (χ3v) is 5.68. The Morgan fingerprint density at radius 3 is 2.32 bits per heavy atom. The summed E-state index contributed by atoms with van der Waals surface area (Å²) in [5.41, 5.74) is 2.12. The fourth-order valence-corrected chi connectivity index (χ4v) is 4.12. The van der Waals surface area contributed by atoms with E-state index in [2.05, 4.69) is 78.6 Å². The Kier molecular flexibility index (Phi) is 4.44. The molecule has 0 bridgehead atoms. The van der Waals surface area contributed by atoms with Crippen molar-refractivity contribution in [2.75, 3.05) is 18.0 Å². The Bertz CT molecular complexity index is 1130. The number of benzene rings is 3. The molecule has 0 spiro atoms. The molecular weight excluding hydrogens is 342 g/mol. The fourth-order valence-electron chi connectivity index (χ4n) is 4.12. The Balaban J connectivity index is 1.69. The van der Waals surface area contributed by atoms with Crippen LogP contribution in [0.5, 0.6) is 0 Å². The molecule has 3 nitrogen and oxygen atoms in total. The first-order valence-corrected chi connectivity index (χ1v) is 10.3. The molecule has 1 fully saturated rings. The topological polar surface area (TPSA) is 29.0 Å². The van der Waals surface area contributed by atoms with Gasteiger partial charge in [-0.15, -0.1) is 10.2 Å². The van der Waals surface area contributed by atoms with Crippen LogP contribution in [0.1, 0.15) is 26.2 Å². The van der Waals surface area contributed by atoms with Crippen LogP contribution in [0.4, 0.5) is 5.82 Å². The average Bonchev–Trinajstić information content (AvgIpc) is 3.56. The second kappa shape index (κ2) is 7.23. The molecule has 3 heteroatoms. The van der Waals surface area contributed by atoms with Gasteiger partial charge in [-0.25, -0.2) is 0 Å². The molecule has 4 aromatic rings. The number of hydrogen-bond donors (Lipinski definition) is 0. The summed E-state index contributed by atoms with van der Waals surface area (Å²) in [5.74, 6) is 1.86. The molecule has 28 heavy (non-hydrogen) atoms. The number of rotatable bonds is 6. The van der Waals surface area contributed by atoms with Crippen molar-refractivity contribution in [1.29, 1.82) is 0 Å². The van der Waals surface area contributed by atoms with Gasteiger partial charge in [-0.1, -0.05) is 73.7 Å². The van der Waals surface area contributed by atoms with Gasteiger partial charge in [-0.3, -0.25) is 0 Å². The summed E-state index contributed by atoms with van der Waals surface area (Å²) in [7, 11) is 0. The first-order valence-electron chi connectivity index (χ1n) is 10.3. The predicted molar refractivity (Wildman–Crippen MR) is 118 cm³/mol. The number of aromatic nitrogens is 2. The molecule has 0 atom stereocenters. The highest BCUT2D eigenvalue weighted by Gasteiger charge is 2.26. The zero-order valence-electron chi connectivity index (χ0n) is 16.3. The van der Waals surface area contributed by atoms with Crippen LogP contribution < -0.4 is 4.90 Å². The highest BCUT2D eigenvalue weighted by molar-refractivity contribution is 6.06. The molecule has 1 aliphatic carbocycles. The SMILES string of the molecule is CCCN(CC1CC1)c1nnc(-c2cccc3ccccc23)c2ccccc12. The minimum absolute atomic E-state index is 0.824. The molecule has 0 unspecified atom stereocenters. The van der Waals surface area contributed by atoms with Crippen LogP contribution in [0, 0.1) is 5.92 Å². The van der Waals surface area contributed by atoms with Gasteiger partial charge in [-0.2, -0.15) is 0 Å². The number of fused-ring (bicyclic) bond motifs is 2. The maximum Gasteiger partial charge on any atom is 0.159 e. The molecule has 3 aromatic carbocycles. The lowest BCUT2D eigenvalue weighted by molar-refractivity contribution is 0.696. The van der Waals surface area contributed by atoms with Crippen LogP contribution in [0.3, 0.4) is 0 Å². The van der Waals surface area contributed by atoms with Gasteiger partial charge in [0.15, 0.2) is 5.82 Å². The van der Waals surface area contributed by atoms with E-state index < -0.39 is 0 Å². The van der Waals surface area contributed by atoms with Crippen molar-refractivity contribution in [3.8, 4) is 11.3 Å². The normalized spacial score (nSPS) is 13.9. The lowest BCUT2D eigenvalue weighted by Gasteiger charge is -2.24. The minimum atomic E-state index is 0.824. The Hall–Kier alpha value is -2.94. The van der Waals surface area contributed by atoms with Crippen LogP contribution >= 0.6 is 0 Å². The van der Waals surface area contributed by atoms with E-state index in [1.807, 2.05) is 0 Å². The lowest BCUT2D eigenvalue weighted by Crippen LogP contribution is -2.28. The van der Waals surface area contributed by atoms with Crippen LogP contribution in [0.15, 0.2) is 66.7 Å². The number of nitrogens with zero attached hydrogens (tertiary/aromatic N) is 3. The lowest BCUT2D eigenvalue weighted by atomic mass is 9.98. The summed E-state index contributed by atoms with van der Waals surface area (Å²) in [6, 6.07) is 23.5. The van der Waals surface area contributed by atoms with Crippen LogP contribution in [0.25, 0.3) is 32.8 Å². The smallest absolute Gasteiger partial charge is 0.159 e. The van der Waals surface area contributed by atoms with E-state index in [1.165, 1.54) is 34.4 Å². The van der Waals surface area contributed by atoms with Gasteiger partial charge in [-0.05, 0) is 36.0 Å². The van der Waals surface area contributed by atoms with Gasteiger partial charge in [0.1, 0.15) is 5.69 Å². The summed E-state index contributed by atoms with van der Waals surface area (Å²) in [6.45, 7) is 4.36. The second-order valence-electron chi connectivity index (χ2n) is 7.83. The molecule has 5 rings (SSSR count). The summed E-state index contributed by atoms with van der Waals surface area (Å²) in [5, 5.41) is 14.4. The molecule has 1 aromatic heterocycles. The van der Waals surface area contributed by atoms with Crippen LogP contribution in [0.2, 0.25) is 0 Å². The van der Waals surface area contributed by atoms with Crippen molar-refractivity contribution < 1.29 is 0 Å². The van der Waals surface area contributed by atoms with E-state index in [1.54, 1.807) is 0 Å². The van der Waals surface area contributed by atoms with E-state index in [9.17, 15) is 0 Å². The molecular formula is C25H25N3. The maximum atomic E-state index is 4.77. The maximum absolute atomic E-state index is 4.77. The van der Waals surface area contributed by atoms with Crippen molar-refractivity contribution in [2.24, 2.45) is 5.92 Å². The monoisotopic (exact) mass is 367 g/mol. The quantitative estimate of drug-likeness (QED) is 0.414. The fraction of sp³-hybridized carbons (Fsp3) is 0.280. The molecule has 0 aliphatic heterocycles.